The second-order valence-corrected chi connectivity index (χ2v) is 9.50. The molecule has 25 heavy (non-hydrogen) atoms. The van der Waals surface area contributed by atoms with Gasteiger partial charge in [0, 0.05) is 23.5 Å². The summed E-state index contributed by atoms with van der Waals surface area (Å²) in [5.41, 5.74) is -1.93. The van der Waals surface area contributed by atoms with Gasteiger partial charge in [0.25, 0.3) is 5.69 Å². The number of hydrogen-bond acceptors (Lipinski definition) is 6. The molecule has 0 aliphatic rings. The first-order valence-electron chi connectivity index (χ1n) is 7.80. The molecule has 0 heterocycles. The zero-order valence-electron chi connectivity index (χ0n) is 15.7. The Labute approximate surface area is 151 Å². The normalized spacial score (nSPS) is 16.0. The Morgan fingerprint density at radius 3 is 2.20 bits per heavy atom. The van der Waals surface area contributed by atoms with E-state index < -0.39 is 38.0 Å². The molecule has 8 heteroatoms. The highest BCUT2D eigenvalue weighted by Gasteiger charge is 2.53. The summed E-state index contributed by atoms with van der Waals surface area (Å²) in [4.78, 5) is 23.0. The number of nitrogens with one attached hydrogen (secondary N) is 1. The highest BCUT2D eigenvalue weighted by molar-refractivity contribution is 7.90. The Morgan fingerprint density at radius 1 is 1.20 bits per heavy atom. The van der Waals surface area contributed by atoms with E-state index in [0.717, 1.165) is 0 Å². The average molecular weight is 370 g/mol. The number of hydrogen-bond donors (Lipinski definition) is 1. The van der Waals surface area contributed by atoms with Crippen LogP contribution in [-0.4, -0.2) is 27.3 Å². The van der Waals surface area contributed by atoms with Gasteiger partial charge in [-0.15, -0.1) is 4.72 Å². The quantitative estimate of drug-likeness (QED) is 0.357. The van der Waals surface area contributed by atoms with Gasteiger partial charge in [-0.25, -0.2) is 0 Å². The van der Waals surface area contributed by atoms with Crippen molar-refractivity contribution < 1.29 is 19.0 Å². The van der Waals surface area contributed by atoms with E-state index in [4.69, 9.17) is 4.74 Å². The monoisotopic (exact) mass is 370 g/mol. The van der Waals surface area contributed by atoms with Crippen molar-refractivity contribution in [3.63, 3.8) is 0 Å². The molecule has 0 fully saturated rings. The highest BCUT2D eigenvalue weighted by atomic mass is 32.2. The standard InChI is InChI=1S/C17H26N2O5S/c1-15(2,3)25(23)18-17(6,16(4,5)14(20)24-7)12-9-8-10-13(11-12)19(21)22/h8-11,18H,1-7H3/t17?,25-/m1/s1. The first-order valence-corrected chi connectivity index (χ1v) is 8.95. The fourth-order valence-corrected chi connectivity index (χ4v) is 3.33. The molecule has 7 nitrogen and oxygen atoms in total. The number of benzene rings is 1. The first-order chi connectivity index (χ1) is 11.3. The summed E-state index contributed by atoms with van der Waals surface area (Å²) in [6, 6.07) is 5.97. The van der Waals surface area contributed by atoms with Crippen molar-refractivity contribution in [2.45, 2.75) is 51.8 Å². The van der Waals surface area contributed by atoms with Crippen LogP contribution in [-0.2, 0) is 26.4 Å². The Hall–Kier alpha value is -1.64. The van der Waals surface area contributed by atoms with Crippen molar-refractivity contribution in [1.29, 1.82) is 0 Å². The van der Waals surface area contributed by atoms with Gasteiger partial charge in [-0.3, -0.25) is 14.9 Å². The van der Waals surface area contributed by atoms with E-state index in [0.29, 0.717) is 5.56 Å². The van der Waals surface area contributed by atoms with Gasteiger partial charge < -0.3 is 9.29 Å². The maximum atomic E-state index is 12.7. The van der Waals surface area contributed by atoms with Crippen LogP contribution < -0.4 is 4.72 Å². The lowest BCUT2D eigenvalue weighted by molar-refractivity contribution is -0.385. The van der Waals surface area contributed by atoms with Gasteiger partial charge in [0.1, 0.15) is 10.3 Å². The number of rotatable bonds is 6. The highest BCUT2D eigenvalue weighted by Crippen LogP contribution is 2.42. The van der Waals surface area contributed by atoms with E-state index in [1.54, 1.807) is 53.7 Å². The summed E-state index contributed by atoms with van der Waals surface area (Å²) in [7, 11) is 1.28. The smallest absolute Gasteiger partial charge is 0.313 e. The third-order valence-corrected chi connectivity index (χ3v) is 6.14. The van der Waals surface area contributed by atoms with Gasteiger partial charge >= 0.3 is 5.97 Å². The Morgan fingerprint density at radius 2 is 1.76 bits per heavy atom. The van der Waals surface area contributed by atoms with Gasteiger partial charge in [-0.05, 0) is 47.1 Å². The van der Waals surface area contributed by atoms with Crippen LogP contribution in [0.5, 0.6) is 0 Å². The number of non-ortho nitro benzene ring substituents is 1. The summed E-state index contributed by atoms with van der Waals surface area (Å²) in [6.45, 7) is 10.4. The molecule has 0 aliphatic carbocycles. The molecule has 1 N–H and O–H groups in total. The van der Waals surface area contributed by atoms with Gasteiger partial charge in [-0.1, -0.05) is 12.1 Å². The average Bonchev–Trinajstić information content (AvgIpc) is 2.52. The number of carbonyl (C=O) groups is 1. The molecule has 0 saturated carbocycles. The zero-order chi connectivity index (χ0) is 19.6. The largest absolute Gasteiger partial charge is 0.598 e. The minimum atomic E-state index is -1.52. The minimum Gasteiger partial charge on any atom is -0.598 e. The van der Waals surface area contributed by atoms with Crippen LogP contribution >= 0.6 is 0 Å². The molecule has 1 unspecified atom stereocenters. The van der Waals surface area contributed by atoms with Crippen LogP contribution in [0.1, 0.15) is 47.1 Å². The Kier molecular flexibility index (Phi) is 6.26. The van der Waals surface area contributed by atoms with E-state index in [-0.39, 0.29) is 5.69 Å². The molecule has 0 aromatic heterocycles. The van der Waals surface area contributed by atoms with Crippen molar-refractivity contribution in [2.24, 2.45) is 5.41 Å². The molecule has 0 spiro atoms. The van der Waals surface area contributed by atoms with Crippen LogP contribution in [0.15, 0.2) is 24.3 Å². The summed E-state index contributed by atoms with van der Waals surface area (Å²) >= 11 is -1.52. The van der Waals surface area contributed by atoms with Crippen molar-refractivity contribution in [1.82, 2.24) is 4.72 Å². The third kappa shape index (κ3) is 4.31. The van der Waals surface area contributed by atoms with Crippen LogP contribution in [0.2, 0.25) is 0 Å². The summed E-state index contributed by atoms with van der Waals surface area (Å²) in [6.07, 6.45) is 0. The molecule has 0 bridgehead atoms. The van der Waals surface area contributed by atoms with E-state index in [2.05, 4.69) is 4.72 Å². The van der Waals surface area contributed by atoms with Gasteiger partial charge in [0.15, 0.2) is 0 Å². The molecule has 1 aromatic rings. The number of methoxy groups -OCH3 is 1. The van der Waals surface area contributed by atoms with Crippen LogP contribution in [0.4, 0.5) is 5.69 Å². The summed E-state index contributed by atoms with van der Waals surface area (Å²) in [5, 5.41) is 11.1. The lowest BCUT2D eigenvalue weighted by Gasteiger charge is -2.43. The molecule has 0 saturated heterocycles. The van der Waals surface area contributed by atoms with Crippen LogP contribution in [0.3, 0.4) is 0 Å². The summed E-state index contributed by atoms with van der Waals surface area (Å²) in [5.74, 6) is -0.514. The molecule has 0 aliphatic heterocycles. The molecule has 1 rings (SSSR count). The second-order valence-electron chi connectivity index (χ2n) is 7.53. The number of esters is 1. The van der Waals surface area contributed by atoms with E-state index in [9.17, 15) is 19.5 Å². The number of ether oxygens (including phenoxy) is 1. The van der Waals surface area contributed by atoms with Gasteiger partial charge in [0.2, 0.25) is 0 Å². The first kappa shape index (κ1) is 21.4. The van der Waals surface area contributed by atoms with Crippen molar-refractivity contribution in [3.8, 4) is 0 Å². The SMILES string of the molecule is COC(=O)C(C)(C)C(C)(N[S@+]([O-])C(C)(C)C)c1cccc([N+](=O)[O-])c1. The van der Waals surface area contributed by atoms with Crippen molar-refractivity contribution in [3.05, 3.63) is 39.9 Å². The number of nitro benzene ring substituents is 1. The Balaban J connectivity index is 3.55. The fraction of sp³-hybridized carbons (Fsp3) is 0.588. The Bertz CT molecular complexity index is 657. The zero-order valence-corrected chi connectivity index (χ0v) is 16.5. The predicted octanol–water partition coefficient (Wildman–Crippen LogP) is 3.06. The molecule has 2 atom stereocenters. The number of carbonyl (C=O) groups excluding carboxylic acids is 1. The number of nitrogens with zero attached hydrogens (tertiary/aromatic N) is 1. The van der Waals surface area contributed by atoms with Crippen LogP contribution in [0, 0.1) is 15.5 Å². The molecule has 1 aromatic carbocycles. The maximum absolute atomic E-state index is 12.7. The van der Waals surface area contributed by atoms with Gasteiger partial charge in [-0.2, -0.15) is 0 Å². The molecular weight excluding hydrogens is 344 g/mol. The minimum absolute atomic E-state index is 0.104. The molecular formula is C17H26N2O5S. The third-order valence-electron chi connectivity index (χ3n) is 4.43. The summed E-state index contributed by atoms with van der Waals surface area (Å²) < 4.78 is 20.1. The number of nitro groups is 1. The maximum Gasteiger partial charge on any atom is 0.313 e. The van der Waals surface area contributed by atoms with Crippen molar-refractivity contribution >= 4 is 23.0 Å². The predicted molar refractivity (Wildman–Crippen MR) is 97.3 cm³/mol. The molecule has 140 valence electrons. The lowest BCUT2D eigenvalue weighted by atomic mass is 9.70. The molecule has 0 amide bonds. The topological polar surface area (TPSA) is 105 Å². The van der Waals surface area contributed by atoms with Crippen LogP contribution in [0.25, 0.3) is 0 Å². The van der Waals surface area contributed by atoms with E-state index >= 15 is 0 Å². The van der Waals surface area contributed by atoms with Gasteiger partial charge in [0.05, 0.1) is 17.4 Å². The fourth-order valence-electron chi connectivity index (χ4n) is 2.28. The lowest BCUT2D eigenvalue weighted by Crippen LogP contribution is -2.59. The van der Waals surface area contributed by atoms with E-state index in [1.165, 1.54) is 19.2 Å². The van der Waals surface area contributed by atoms with Crippen molar-refractivity contribution in [2.75, 3.05) is 7.11 Å². The second kappa shape index (κ2) is 7.31. The molecule has 0 radical (unpaired) electrons. The van der Waals surface area contributed by atoms with E-state index in [1.807, 2.05) is 0 Å².